The number of anilines is 1. The Morgan fingerprint density at radius 2 is 1.56 bits per heavy atom. The van der Waals surface area contributed by atoms with E-state index < -0.39 is 0 Å². The van der Waals surface area contributed by atoms with Crippen molar-refractivity contribution in [1.82, 2.24) is 15.1 Å². The van der Waals surface area contributed by atoms with Gasteiger partial charge in [0.25, 0.3) is 5.91 Å². The van der Waals surface area contributed by atoms with E-state index in [2.05, 4.69) is 22.0 Å². The minimum absolute atomic E-state index is 0.0169. The van der Waals surface area contributed by atoms with E-state index in [0.717, 1.165) is 16.6 Å². The smallest absolute Gasteiger partial charge is 0.254 e. The first-order valence-corrected chi connectivity index (χ1v) is 10.7. The number of fused-ring (bicyclic) bond motifs is 1. The van der Waals surface area contributed by atoms with E-state index in [0.29, 0.717) is 36.5 Å². The third-order valence-electron chi connectivity index (χ3n) is 6.01. The van der Waals surface area contributed by atoms with Gasteiger partial charge in [0, 0.05) is 47.6 Å². The molecular formula is C26H23FN4O. The molecule has 1 amide bonds. The van der Waals surface area contributed by atoms with Crippen LogP contribution in [-0.2, 0) is 0 Å². The average molecular weight is 426 g/mol. The number of benzene rings is 3. The van der Waals surface area contributed by atoms with Crippen LogP contribution in [0.2, 0.25) is 0 Å². The van der Waals surface area contributed by atoms with Crippen LogP contribution in [0.15, 0.2) is 78.9 Å². The van der Waals surface area contributed by atoms with Crippen molar-refractivity contribution in [3.05, 3.63) is 90.2 Å². The van der Waals surface area contributed by atoms with Crippen molar-refractivity contribution in [3.63, 3.8) is 0 Å². The van der Waals surface area contributed by atoms with Crippen molar-refractivity contribution in [2.45, 2.75) is 13.0 Å². The number of halogens is 1. The Bertz CT molecular complexity index is 1280. The molecule has 0 spiro atoms. The molecule has 1 saturated heterocycles. The zero-order valence-corrected chi connectivity index (χ0v) is 17.8. The van der Waals surface area contributed by atoms with Crippen molar-refractivity contribution in [1.29, 1.82) is 0 Å². The molecule has 6 heteroatoms. The van der Waals surface area contributed by atoms with E-state index in [4.69, 9.17) is 0 Å². The van der Waals surface area contributed by atoms with Gasteiger partial charge in [-0.2, -0.15) is 0 Å². The van der Waals surface area contributed by atoms with Crippen LogP contribution in [0.25, 0.3) is 22.0 Å². The van der Waals surface area contributed by atoms with Crippen LogP contribution in [-0.4, -0.2) is 46.7 Å². The Balaban J connectivity index is 1.46. The molecule has 1 aromatic heterocycles. The predicted molar refractivity (Wildman–Crippen MR) is 124 cm³/mol. The maximum Gasteiger partial charge on any atom is 0.254 e. The summed E-state index contributed by atoms with van der Waals surface area (Å²) in [6.07, 6.45) is 0. The molecule has 0 bridgehead atoms. The highest BCUT2D eigenvalue weighted by Gasteiger charge is 2.30. The van der Waals surface area contributed by atoms with E-state index in [1.165, 1.54) is 6.07 Å². The first-order valence-electron chi connectivity index (χ1n) is 10.7. The molecule has 32 heavy (non-hydrogen) atoms. The lowest BCUT2D eigenvalue weighted by atomic mass is 10.0. The molecule has 5 nitrogen and oxygen atoms in total. The van der Waals surface area contributed by atoms with Crippen molar-refractivity contribution in [2.75, 3.05) is 24.5 Å². The van der Waals surface area contributed by atoms with Crippen molar-refractivity contribution in [3.8, 4) is 11.3 Å². The Labute approximate surface area is 186 Å². The Kier molecular flexibility index (Phi) is 5.27. The van der Waals surface area contributed by atoms with Gasteiger partial charge in [-0.05, 0) is 31.2 Å². The number of amides is 1. The van der Waals surface area contributed by atoms with Gasteiger partial charge < -0.3 is 9.80 Å². The molecule has 1 fully saturated rings. The summed E-state index contributed by atoms with van der Waals surface area (Å²) in [5, 5.41) is 10.7. The van der Waals surface area contributed by atoms with Gasteiger partial charge in [0.05, 0.1) is 0 Å². The average Bonchev–Trinajstić information content (AvgIpc) is 2.84. The number of rotatable bonds is 3. The second kappa shape index (κ2) is 8.38. The standard InChI is InChI=1S/C26H23FN4O/c1-18-17-30(15-16-31(18)26(32)19-9-3-2-4-10-19)25-21-12-6-5-11-20(21)24(28-29-25)22-13-7-8-14-23(22)27/h2-14,18H,15-17H2,1H3. The van der Waals surface area contributed by atoms with Gasteiger partial charge in [0.2, 0.25) is 0 Å². The Hall–Kier alpha value is -3.80. The number of hydrogen-bond acceptors (Lipinski definition) is 4. The lowest BCUT2D eigenvalue weighted by molar-refractivity contribution is 0.0674. The highest BCUT2D eigenvalue weighted by atomic mass is 19.1. The summed E-state index contributed by atoms with van der Waals surface area (Å²) >= 11 is 0. The molecule has 4 aromatic rings. The summed E-state index contributed by atoms with van der Waals surface area (Å²) in [5.74, 6) is 0.490. The summed E-state index contributed by atoms with van der Waals surface area (Å²) in [5.41, 5.74) is 1.68. The van der Waals surface area contributed by atoms with Gasteiger partial charge in [-0.25, -0.2) is 4.39 Å². The monoisotopic (exact) mass is 426 g/mol. The molecule has 1 unspecified atom stereocenters. The lowest BCUT2D eigenvalue weighted by Crippen LogP contribution is -2.54. The number of nitrogens with zero attached hydrogens (tertiary/aromatic N) is 4. The third-order valence-corrected chi connectivity index (χ3v) is 6.01. The van der Waals surface area contributed by atoms with E-state index in [-0.39, 0.29) is 17.8 Å². The highest BCUT2D eigenvalue weighted by molar-refractivity contribution is 6.00. The van der Waals surface area contributed by atoms with Gasteiger partial charge in [-0.3, -0.25) is 4.79 Å². The van der Waals surface area contributed by atoms with Crippen LogP contribution < -0.4 is 4.90 Å². The van der Waals surface area contributed by atoms with Gasteiger partial charge in [-0.15, -0.1) is 10.2 Å². The normalized spacial score (nSPS) is 16.4. The van der Waals surface area contributed by atoms with Crippen LogP contribution >= 0.6 is 0 Å². The summed E-state index contributed by atoms with van der Waals surface area (Å²) in [7, 11) is 0. The molecule has 0 saturated carbocycles. The summed E-state index contributed by atoms with van der Waals surface area (Å²) in [4.78, 5) is 17.0. The summed E-state index contributed by atoms with van der Waals surface area (Å²) < 4.78 is 14.5. The maximum absolute atomic E-state index is 14.5. The zero-order chi connectivity index (χ0) is 22.1. The fraction of sp³-hybridized carbons (Fsp3) is 0.192. The van der Waals surface area contributed by atoms with E-state index >= 15 is 0 Å². The van der Waals surface area contributed by atoms with Crippen LogP contribution in [0.3, 0.4) is 0 Å². The largest absolute Gasteiger partial charge is 0.351 e. The molecule has 1 aliphatic rings. The van der Waals surface area contributed by atoms with Gasteiger partial charge >= 0.3 is 0 Å². The van der Waals surface area contributed by atoms with E-state index in [1.807, 2.05) is 59.5 Å². The molecule has 2 heterocycles. The summed E-state index contributed by atoms with van der Waals surface area (Å²) in [6, 6.07) is 23.8. The highest BCUT2D eigenvalue weighted by Crippen LogP contribution is 2.33. The fourth-order valence-electron chi connectivity index (χ4n) is 4.37. The van der Waals surface area contributed by atoms with Crippen molar-refractivity contribution < 1.29 is 9.18 Å². The topological polar surface area (TPSA) is 49.3 Å². The van der Waals surface area contributed by atoms with Gasteiger partial charge in [0.1, 0.15) is 11.5 Å². The summed E-state index contributed by atoms with van der Waals surface area (Å²) in [6.45, 7) is 3.95. The number of carbonyl (C=O) groups excluding carboxylic acids is 1. The lowest BCUT2D eigenvalue weighted by Gasteiger charge is -2.40. The number of carbonyl (C=O) groups is 1. The Morgan fingerprint density at radius 3 is 2.31 bits per heavy atom. The zero-order valence-electron chi connectivity index (χ0n) is 17.8. The second-order valence-corrected chi connectivity index (χ2v) is 8.06. The molecule has 1 atom stereocenters. The third kappa shape index (κ3) is 3.58. The molecule has 0 radical (unpaired) electrons. The molecule has 1 aliphatic heterocycles. The quantitative estimate of drug-likeness (QED) is 0.473. The first-order chi connectivity index (χ1) is 15.6. The molecule has 160 valence electrons. The first kappa shape index (κ1) is 20.1. The Morgan fingerprint density at radius 1 is 0.875 bits per heavy atom. The minimum atomic E-state index is -0.318. The van der Waals surface area contributed by atoms with Crippen LogP contribution in [0.1, 0.15) is 17.3 Å². The molecule has 3 aromatic carbocycles. The molecule has 0 aliphatic carbocycles. The fourth-order valence-corrected chi connectivity index (χ4v) is 4.37. The van der Waals surface area contributed by atoms with Crippen molar-refractivity contribution in [2.24, 2.45) is 0 Å². The van der Waals surface area contributed by atoms with Gasteiger partial charge in [-0.1, -0.05) is 54.6 Å². The van der Waals surface area contributed by atoms with Crippen LogP contribution in [0, 0.1) is 5.82 Å². The number of aromatic nitrogens is 2. The minimum Gasteiger partial charge on any atom is -0.351 e. The van der Waals surface area contributed by atoms with Crippen LogP contribution in [0.4, 0.5) is 10.2 Å². The van der Waals surface area contributed by atoms with Gasteiger partial charge in [0.15, 0.2) is 5.82 Å². The predicted octanol–water partition coefficient (Wildman–Crippen LogP) is 4.79. The van der Waals surface area contributed by atoms with E-state index in [1.54, 1.807) is 18.2 Å². The number of hydrogen-bond donors (Lipinski definition) is 0. The van der Waals surface area contributed by atoms with E-state index in [9.17, 15) is 9.18 Å². The molecule has 5 rings (SSSR count). The molecular weight excluding hydrogens is 403 g/mol. The second-order valence-electron chi connectivity index (χ2n) is 8.06. The van der Waals surface area contributed by atoms with Crippen molar-refractivity contribution >= 4 is 22.5 Å². The number of piperazine rings is 1. The maximum atomic E-state index is 14.5. The van der Waals surface area contributed by atoms with Crippen LogP contribution in [0.5, 0.6) is 0 Å². The molecule has 0 N–H and O–H groups in total. The SMILES string of the molecule is CC1CN(c2nnc(-c3ccccc3F)c3ccccc23)CCN1C(=O)c1ccccc1.